The third-order valence-electron chi connectivity index (χ3n) is 4.10. The van der Waals surface area contributed by atoms with Crippen LogP contribution in [0.25, 0.3) is 0 Å². The van der Waals surface area contributed by atoms with Gasteiger partial charge in [-0.25, -0.2) is 4.39 Å². The van der Waals surface area contributed by atoms with Crippen LogP contribution in [0.15, 0.2) is 0 Å². The van der Waals surface area contributed by atoms with Gasteiger partial charge in [0.2, 0.25) is 5.91 Å². The Morgan fingerprint density at radius 2 is 1.83 bits per heavy atom. The summed E-state index contributed by atoms with van der Waals surface area (Å²) < 4.78 is 20.1. The normalized spacial score (nSPS) is 25.9. The van der Waals surface area contributed by atoms with Crippen molar-refractivity contribution in [2.75, 3.05) is 32.8 Å². The molecule has 142 valence electrons. The second-order valence-corrected chi connectivity index (χ2v) is 8.72. The Morgan fingerprint density at radius 1 is 1.29 bits per heavy atom. The smallest absolute Gasteiger partial charge is 0.234 e. The number of alkyl halides is 1. The predicted octanol–water partition coefficient (Wildman–Crippen LogP) is 1.87. The van der Waals surface area contributed by atoms with Crippen LogP contribution < -0.4 is 5.32 Å². The minimum absolute atomic E-state index is 0.0230. The fraction of sp³-hybridized carbons (Fsp3) is 0.941. The van der Waals surface area contributed by atoms with Crippen LogP contribution in [0.5, 0.6) is 0 Å². The zero-order valence-corrected chi connectivity index (χ0v) is 17.2. The Hall–Kier alpha value is -0.290. The lowest BCUT2D eigenvalue weighted by molar-refractivity contribution is -0.125. The topological polar surface area (TPSA) is 44.8 Å². The molecule has 0 spiro atoms. The van der Waals surface area contributed by atoms with Crippen molar-refractivity contribution in [1.82, 2.24) is 15.1 Å². The number of carbonyl (C=O) groups is 1. The van der Waals surface area contributed by atoms with Crippen molar-refractivity contribution in [2.45, 2.75) is 71.2 Å². The van der Waals surface area contributed by atoms with Crippen molar-refractivity contribution in [2.24, 2.45) is 0 Å². The third kappa shape index (κ3) is 7.73. The van der Waals surface area contributed by atoms with E-state index in [0.717, 1.165) is 13.1 Å². The molecule has 1 aliphatic heterocycles. The molecule has 0 aromatic rings. The Labute approximate surface area is 148 Å². The summed E-state index contributed by atoms with van der Waals surface area (Å²) in [5, 5.41) is 1.49. The summed E-state index contributed by atoms with van der Waals surface area (Å²) in [7, 11) is 2.29. The molecule has 24 heavy (non-hydrogen) atoms. The summed E-state index contributed by atoms with van der Waals surface area (Å²) in [6.07, 6.45) is 0.0230. The van der Waals surface area contributed by atoms with Crippen molar-refractivity contribution in [3.05, 3.63) is 0 Å². The van der Waals surface area contributed by atoms with Crippen LogP contribution in [0, 0.1) is 0 Å². The molecular weight excluding hydrogens is 328 g/mol. The molecule has 1 N–H and O–H groups in total. The monoisotopic (exact) mass is 363 g/mol. The molecule has 7 heteroatoms. The molecule has 4 unspecified atom stereocenters. The third-order valence-corrected chi connectivity index (χ3v) is 4.45. The highest BCUT2D eigenvalue weighted by Crippen LogP contribution is 2.25. The van der Waals surface area contributed by atoms with Gasteiger partial charge in [0.05, 0.1) is 19.3 Å². The van der Waals surface area contributed by atoms with Gasteiger partial charge in [-0.1, -0.05) is 9.24 Å². The van der Waals surface area contributed by atoms with Gasteiger partial charge in [-0.15, -0.1) is 0 Å². The van der Waals surface area contributed by atoms with Crippen LogP contribution in [0.1, 0.15) is 41.5 Å². The zero-order valence-electron chi connectivity index (χ0n) is 16.0. The first kappa shape index (κ1) is 21.8. The van der Waals surface area contributed by atoms with Crippen molar-refractivity contribution in [3.8, 4) is 0 Å². The Balaban J connectivity index is 2.54. The maximum Gasteiger partial charge on any atom is 0.234 e. The van der Waals surface area contributed by atoms with Crippen LogP contribution >= 0.6 is 9.24 Å². The van der Waals surface area contributed by atoms with E-state index in [9.17, 15) is 9.18 Å². The SMILES string of the molecule is CC(C)NC(=O)CN1C(C)CN(CC(F)(P)COC(C)C)CC1C. The number of nitrogens with one attached hydrogen (secondary N) is 1. The first-order valence-corrected chi connectivity index (χ1v) is 9.44. The summed E-state index contributed by atoms with van der Waals surface area (Å²) in [6.45, 7) is 14.2. The van der Waals surface area contributed by atoms with E-state index in [-0.39, 0.29) is 36.7 Å². The molecule has 1 aliphatic rings. The van der Waals surface area contributed by atoms with E-state index in [2.05, 4.69) is 38.2 Å². The van der Waals surface area contributed by atoms with Gasteiger partial charge in [0.25, 0.3) is 0 Å². The predicted molar refractivity (Wildman–Crippen MR) is 100.0 cm³/mol. The lowest BCUT2D eigenvalue weighted by atomic mass is 10.1. The van der Waals surface area contributed by atoms with E-state index in [0.29, 0.717) is 13.1 Å². The molecule has 0 aromatic heterocycles. The molecule has 1 fully saturated rings. The van der Waals surface area contributed by atoms with E-state index in [1.54, 1.807) is 0 Å². The average Bonchev–Trinajstić information content (AvgIpc) is 2.39. The standard InChI is InChI=1S/C17H35FN3O2P/c1-12(2)19-16(22)9-21-14(5)7-20(8-15(21)6)10-17(18,24)11-23-13(3)4/h12-15H,7-11,24H2,1-6H3,(H,19,22). The molecule has 1 rings (SSSR count). The van der Waals surface area contributed by atoms with E-state index in [1.807, 2.05) is 27.7 Å². The molecule has 1 heterocycles. The zero-order chi connectivity index (χ0) is 18.5. The van der Waals surface area contributed by atoms with Crippen molar-refractivity contribution in [1.29, 1.82) is 0 Å². The van der Waals surface area contributed by atoms with Gasteiger partial charge in [-0.3, -0.25) is 14.6 Å². The van der Waals surface area contributed by atoms with E-state index >= 15 is 0 Å². The summed E-state index contributed by atoms with van der Waals surface area (Å²) in [6, 6.07) is 0.562. The van der Waals surface area contributed by atoms with Crippen LogP contribution in [-0.4, -0.2) is 78.1 Å². The van der Waals surface area contributed by atoms with Crippen LogP contribution in [0.2, 0.25) is 0 Å². The molecule has 0 bridgehead atoms. The van der Waals surface area contributed by atoms with Crippen LogP contribution in [-0.2, 0) is 9.53 Å². The quantitative estimate of drug-likeness (QED) is 0.669. The number of rotatable bonds is 8. The fourth-order valence-corrected chi connectivity index (χ4v) is 3.52. The molecule has 0 saturated carbocycles. The highest BCUT2D eigenvalue weighted by Gasteiger charge is 2.35. The van der Waals surface area contributed by atoms with E-state index in [1.165, 1.54) is 0 Å². The minimum Gasteiger partial charge on any atom is -0.375 e. The minimum atomic E-state index is -1.44. The first-order valence-electron chi connectivity index (χ1n) is 8.87. The van der Waals surface area contributed by atoms with Gasteiger partial charge in [0.15, 0.2) is 5.41 Å². The van der Waals surface area contributed by atoms with Crippen molar-refractivity contribution < 1.29 is 13.9 Å². The second kappa shape index (κ2) is 9.42. The average molecular weight is 363 g/mol. The Kier molecular flexibility index (Phi) is 8.54. The molecule has 4 atom stereocenters. The number of hydrogen-bond acceptors (Lipinski definition) is 4. The van der Waals surface area contributed by atoms with Gasteiger partial charge in [0, 0.05) is 37.8 Å². The summed E-state index contributed by atoms with van der Waals surface area (Å²) in [4.78, 5) is 16.3. The highest BCUT2D eigenvalue weighted by molar-refractivity contribution is 7.18. The summed E-state index contributed by atoms with van der Waals surface area (Å²) in [5.41, 5.74) is 0. The molecule has 0 radical (unpaired) electrons. The lowest BCUT2D eigenvalue weighted by Gasteiger charge is -2.45. The Morgan fingerprint density at radius 3 is 2.29 bits per heavy atom. The summed E-state index contributed by atoms with van der Waals surface area (Å²) in [5.74, 6) is 0.0494. The number of piperazine rings is 1. The van der Waals surface area contributed by atoms with Gasteiger partial charge in [-0.05, 0) is 41.5 Å². The largest absolute Gasteiger partial charge is 0.375 e. The van der Waals surface area contributed by atoms with Crippen LogP contribution in [0.4, 0.5) is 4.39 Å². The van der Waals surface area contributed by atoms with Gasteiger partial charge in [0.1, 0.15) is 0 Å². The maximum atomic E-state index is 14.7. The molecule has 0 aromatic carbocycles. The van der Waals surface area contributed by atoms with Crippen molar-refractivity contribution >= 4 is 15.1 Å². The number of nitrogens with zero attached hydrogens (tertiary/aromatic N) is 2. The lowest BCUT2D eigenvalue weighted by Crippen LogP contribution is -2.60. The number of carbonyl (C=O) groups excluding carboxylic acids is 1. The number of ether oxygens (including phenoxy) is 1. The van der Waals surface area contributed by atoms with Crippen LogP contribution in [0.3, 0.4) is 0 Å². The van der Waals surface area contributed by atoms with Gasteiger partial charge >= 0.3 is 0 Å². The molecule has 0 aliphatic carbocycles. The number of hydrogen-bond donors (Lipinski definition) is 1. The molecule has 1 amide bonds. The summed E-state index contributed by atoms with van der Waals surface area (Å²) >= 11 is 0. The number of amides is 1. The van der Waals surface area contributed by atoms with E-state index in [4.69, 9.17) is 4.74 Å². The Bertz CT molecular complexity index is 395. The van der Waals surface area contributed by atoms with E-state index < -0.39 is 5.41 Å². The first-order chi connectivity index (χ1) is 11.0. The highest BCUT2D eigenvalue weighted by atomic mass is 31.0. The molecule has 5 nitrogen and oxygen atoms in total. The van der Waals surface area contributed by atoms with Gasteiger partial charge in [-0.2, -0.15) is 0 Å². The molecule has 1 saturated heterocycles. The van der Waals surface area contributed by atoms with Crippen molar-refractivity contribution in [3.63, 3.8) is 0 Å². The maximum absolute atomic E-state index is 14.7. The second-order valence-electron chi connectivity index (χ2n) is 7.68. The number of halogens is 1. The molecular formula is C17H35FN3O2P. The fourth-order valence-electron chi connectivity index (χ4n) is 3.16. The van der Waals surface area contributed by atoms with Gasteiger partial charge < -0.3 is 10.1 Å².